The van der Waals surface area contributed by atoms with Crippen LogP contribution in [0.5, 0.6) is 0 Å². The second-order valence-corrected chi connectivity index (χ2v) is 5.41. The Balaban J connectivity index is 2.02. The molecule has 2 rings (SSSR count). The molecule has 2 N–H and O–H groups in total. The van der Waals surface area contributed by atoms with E-state index in [0.29, 0.717) is 0 Å². The van der Waals surface area contributed by atoms with Crippen LogP contribution in [0.15, 0.2) is 24.3 Å². The lowest BCUT2D eigenvalue weighted by atomic mass is 10.1. The van der Waals surface area contributed by atoms with Crippen LogP contribution in [-0.2, 0) is 6.54 Å². The van der Waals surface area contributed by atoms with Crippen molar-refractivity contribution in [3.8, 4) is 0 Å². The number of rotatable bonds is 4. The lowest BCUT2D eigenvalue weighted by Crippen LogP contribution is -2.34. The van der Waals surface area contributed by atoms with E-state index in [9.17, 15) is 0 Å². The minimum Gasteiger partial charge on any atom is -0.398 e. The Bertz CT molecular complexity index is 354. The zero-order valence-corrected chi connectivity index (χ0v) is 11.6. The van der Waals surface area contributed by atoms with E-state index in [2.05, 4.69) is 24.0 Å². The summed E-state index contributed by atoms with van der Waals surface area (Å²) in [5, 5.41) is 0. The van der Waals surface area contributed by atoms with E-state index in [1.54, 1.807) is 0 Å². The quantitative estimate of drug-likeness (QED) is 0.646. The van der Waals surface area contributed by atoms with Gasteiger partial charge in [-0.05, 0) is 31.0 Å². The van der Waals surface area contributed by atoms with Crippen LogP contribution < -0.4 is 5.73 Å². The van der Waals surface area contributed by atoms with Gasteiger partial charge in [-0.15, -0.1) is 0 Å². The Labute approximate surface area is 111 Å². The number of nitrogens with two attached hydrogens (primary N) is 1. The Hall–Kier alpha value is -1.02. The zero-order chi connectivity index (χ0) is 12.8. The Morgan fingerprint density at radius 2 is 1.78 bits per heavy atom. The molecule has 0 amide bonds. The van der Waals surface area contributed by atoms with Crippen LogP contribution in [0.4, 0.5) is 5.69 Å². The third kappa shape index (κ3) is 3.49. The van der Waals surface area contributed by atoms with Crippen molar-refractivity contribution in [2.75, 3.05) is 12.3 Å². The number of anilines is 1. The molecule has 2 heteroatoms. The van der Waals surface area contributed by atoms with E-state index in [0.717, 1.165) is 24.8 Å². The number of hydrogen-bond donors (Lipinski definition) is 1. The first-order valence-corrected chi connectivity index (χ1v) is 7.38. The number of hydrogen-bond acceptors (Lipinski definition) is 2. The second kappa shape index (κ2) is 6.79. The fourth-order valence-electron chi connectivity index (χ4n) is 3.02. The van der Waals surface area contributed by atoms with Crippen LogP contribution in [0.25, 0.3) is 0 Å². The highest BCUT2D eigenvalue weighted by Crippen LogP contribution is 2.24. The minimum absolute atomic E-state index is 0.761. The summed E-state index contributed by atoms with van der Waals surface area (Å²) in [7, 11) is 0. The molecule has 1 saturated carbocycles. The van der Waals surface area contributed by atoms with Crippen molar-refractivity contribution >= 4 is 5.69 Å². The first-order chi connectivity index (χ1) is 8.81. The minimum atomic E-state index is 0.761. The van der Waals surface area contributed by atoms with Crippen LogP contribution in [-0.4, -0.2) is 17.5 Å². The highest BCUT2D eigenvalue weighted by atomic mass is 15.1. The molecule has 1 aliphatic carbocycles. The fraction of sp³-hybridized carbons (Fsp3) is 0.625. The SMILES string of the molecule is CCN(Cc1ccccc1N)C1CCCCCC1. The van der Waals surface area contributed by atoms with Crippen molar-refractivity contribution in [1.29, 1.82) is 0 Å². The first kappa shape index (κ1) is 13.4. The first-order valence-electron chi connectivity index (χ1n) is 7.38. The van der Waals surface area contributed by atoms with Crippen molar-refractivity contribution < 1.29 is 0 Å². The molecule has 0 atom stereocenters. The summed E-state index contributed by atoms with van der Waals surface area (Å²) in [6.45, 7) is 4.40. The smallest absolute Gasteiger partial charge is 0.0359 e. The molecule has 2 nitrogen and oxygen atoms in total. The van der Waals surface area contributed by atoms with E-state index in [4.69, 9.17) is 5.73 Å². The van der Waals surface area contributed by atoms with Gasteiger partial charge in [-0.2, -0.15) is 0 Å². The monoisotopic (exact) mass is 246 g/mol. The van der Waals surface area contributed by atoms with Gasteiger partial charge in [-0.3, -0.25) is 4.90 Å². The number of benzene rings is 1. The predicted molar refractivity (Wildman–Crippen MR) is 78.4 cm³/mol. The van der Waals surface area contributed by atoms with Gasteiger partial charge in [0, 0.05) is 18.3 Å². The molecule has 0 bridgehead atoms. The van der Waals surface area contributed by atoms with Crippen molar-refractivity contribution in [3.05, 3.63) is 29.8 Å². The molecule has 0 aliphatic heterocycles. The molecule has 1 aromatic carbocycles. The summed E-state index contributed by atoms with van der Waals surface area (Å²) in [4.78, 5) is 2.61. The molecular weight excluding hydrogens is 220 g/mol. The van der Waals surface area contributed by atoms with Crippen LogP contribution in [0.1, 0.15) is 51.0 Å². The van der Waals surface area contributed by atoms with E-state index in [-0.39, 0.29) is 0 Å². The molecular formula is C16H26N2. The van der Waals surface area contributed by atoms with Gasteiger partial charge in [0.25, 0.3) is 0 Å². The van der Waals surface area contributed by atoms with Gasteiger partial charge in [0.2, 0.25) is 0 Å². The van der Waals surface area contributed by atoms with Gasteiger partial charge in [0.1, 0.15) is 0 Å². The average molecular weight is 246 g/mol. The summed E-state index contributed by atoms with van der Waals surface area (Å²) in [6, 6.07) is 9.04. The van der Waals surface area contributed by atoms with Gasteiger partial charge in [0.15, 0.2) is 0 Å². The standard InChI is InChI=1S/C16H26N2/c1-2-18(15-10-5-3-4-6-11-15)13-14-9-7-8-12-16(14)17/h7-9,12,15H,2-6,10-11,13,17H2,1H3. The maximum atomic E-state index is 6.06. The normalized spacial score (nSPS) is 17.9. The summed E-state index contributed by atoms with van der Waals surface area (Å²) in [5.41, 5.74) is 8.27. The van der Waals surface area contributed by atoms with Crippen LogP contribution in [0.2, 0.25) is 0 Å². The van der Waals surface area contributed by atoms with Crippen LogP contribution in [0, 0.1) is 0 Å². The third-order valence-electron chi connectivity index (χ3n) is 4.18. The molecule has 18 heavy (non-hydrogen) atoms. The highest BCUT2D eigenvalue weighted by Gasteiger charge is 2.19. The molecule has 0 saturated heterocycles. The number of nitrogen functional groups attached to an aromatic ring is 1. The number of para-hydroxylation sites is 1. The molecule has 0 spiro atoms. The summed E-state index contributed by atoms with van der Waals surface area (Å²) < 4.78 is 0. The molecule has 1 fully saturated rings. The highest BCUT2D eigenvalue weighted by molar-refractivity contribution is 5.46. The molecule has 100 valence electrons. The summed E-state index contributed by atoms with van der Waals surface area (Å²) in [6.07, 6.45) is 8.35. The molecule has 0 heterocycles. The average Bonchev–Trinajstić information content (AvgIpc) is 2.67. The van der Waals surface area contributed by atoms with Crippen molar-refractivity contribution in [1.82, 2.24) is 4.90 Å². The van der Waals surface area contributed by atoms with E-state index < -0.39 is 0 Å². The van der Waals surface area contributed by atoms with E-state index in [1.807, 2.05) is 12.1 Å². The van der Waals surface area contributed by atoms with Crippen molar-refractivity contribution in [2.24, 2.45) is 0 Å². The predicted octanol–water partition coefficient (Wildman–Crippen LogP) is 3.81. The lowest BCUT2D eigenvalue weighted by Gasteiger charge is -2.30. The van der Waals surface area contributed by atoms with Crippen LogP contribution in [0.3, 0.4) is 0 Å². The lowest BCUT2D eigenvalue weighted by molar-refractivity contribution is 0.180. The molecule has 1 aliphatic rings. The molecule has 1 aromatic rings. The largest absolute Gasteiger partial charge is 0.398 e. The van der Waals surface area contributed by atoms with Crippen molar-refractivity contribution in [3.63, 3.8) is 0 Å². The maximum absolute atomic E-state index is 6.06. The Morgan fingerprint density at radius 1 is 1.11 bits per heavy atom. The number of nitrogens with zero attached hydrogens (tertiary/aromatic N) is 1. The third-order valence-corrected chi connectivity index (χ3v) is 4.18. The zero-order valence-electron chi connectivity index (χ0n) is 11.6. The molecule has 0 unspecified atom stereocenters. The van der Waals surface area contributed by atoms with E-state index >= 15 is 0 Å². The van der Waals surface area contributed by atoms with Gasteiger partial charge in [0.05, 0.1) is 0 Å². The van der Waals surface area contributed by atoms with Crippen LogP contribution >= 0.6 is 0 Å². The topological polar surface area (TPSA) is 29.3 Å². The molecule has 0 aromatic heterocycles. The maximum Gasteiger partial charge on any atom is 0.0359 e. The van der Waals surface area contributed by atoms with Gasteiger partial charge in [-0.1, -0.05) is 50.8 Å². The second-order valence-electron chi connectivity index (χ2n) is 5.41. The Morgan fingerprint density at radius 3 is 2.39 bits per heavy atom. The summed E-state index contributed by atoms with van der Waals surface area (Å²) in [5.74, 6) is 0. The summed E-state index contributed by atoms with van der Waals surface area (Å²) >= 11 is 0. The molecule has 0 radical (unpaired) electrons. The van der Waals surface area contributed by atoms with Gasteiger partial charge < -0.3 is 5.73 Å². The van der Waals surface area contributed by atoms with Gasteiger partial charge in [-0.25, -0.2) is 0 Å². The van der Waals surface area contributed by atoms with E-state index in [1.165, 1.54) is 44.1 Å². The fourth-order valence-corrected chi connectivity index (χ4v) is 3.02. The Kier molecular flexibility index (Phi) is 5.06. The van der Waals surface area contributed by atoms with Gasteiger partial charge >= 0.3 is 0 Å². The van der Waals surface area contributed by atoms with Crippen molar-refractivity contribution in [2.45, 2.75) is 58.0 Å².